The van der Waals surface area contributed by atoms with Gasteiger partial charge in [-0.25, -0.2) is 9.97 Å². The van der Waals surface area contributed by atoms with E-state index in [1.807, 2.05) is 13.0 Å². The van der Waals surface area contributed by atoms with E-state index >= 15 is 0 Å². The zero-order valence-corrected chi connectivity index (χ0v) is 10.3. The Morgan fingerprint density at radius 3 is 3.00 bits per heavy atom. The highest BCUT2D eigenvalue weighted by Crippen LogP contribution is 2.16. The highest BCUT2D eigenvalue weighted by molar-refractivity contribution is 6.16. The molecule has 16 heavy (non-hydrogen) atoms. The van der Waals surface area contributed by atoms with Crippen molar-refractivity contribution in [3.63, 3.8) is 0 Å². The molecule has 0 amide bonds. The molecule has 1 aliphatic heterocycles. The Balaban J connectivity index is 2.04. The maximum atomic E-state index is 5.79. The van der Waals surface area contributed by atoms with E-state index < -0.39 is 0 Å². The first-order valence-corrected chi connectivity index (χ1v) is 6.32. The summed E-state index contributed by atoms with van der Waals surface area (Å²) in [4.78, 5) is 8.85. The molecule has 2 rings (SSSR count). The molecule has 0 aliphatic carbocycles. The monoisotopic (exact) mass is 240 g/mol. The summed E-state index contributed by atoms with van der Waals surface area (Å²) in [6.45, 7) is 2.85. The van der Waals surface area contributed by atoms with E-state index in [9.17, 15) is 0 Å². The maximum Gasteiger partial charge on any atom is 0.131 e. The zero-order chi connectivity index (χ0) is 11.4. The summed E-state index contributed by atoms with van der Waals surface area (Å²) in [6, 6.07) is 1.93. The minimum Gasteiger partial charge on any atom is -0.378 e. The fourth-order valence-corrected chi connectivity index (χ4v) is 2.17. The lowest BCUT2D eigenvalue weighted by Gasteiger charge is -2.21. The molecule has 1 fully saturated rings. The summed E-state index contributed by atoms with van der Waals surface area (Å²) in [5.74, 6) is 1.31. The predicted molar refractivity (Wildman–Crippen MR) is 63.6 cm³/mol. The third-order valence-electron chi connectivity index (χ3n) is 2.77. The van der Waals surface area contributed by atoms with Crippen molar-refractivity contribution in [3.8, 4) is 0 Å². The van der Waals surface area contributed by atoms with Crippen LogP contribution in [0.3, 0.4) is 0 Å². The van der Waals surface area contributed by atoms with E-state index in [2.05, 4.69) is 9.97 Å². The minimum absolute atomic E-state index is 0.290. The summed E-state index contributed by atoms with van der Waals surface area (Å²) in [6.07, 6.45) is 4.65. The molecule has 4 heteroatoms. The van der Waals surface area contributed by atoms with Gasteiger partial charge in [0.2, 0.25) is 0 Å². The molecule has 1 aliphatic rings. The Kier molecular flexibility index (Phi) is 4.13. The van der Waals surface area contributed by atoms with Gasteiger partial charge in [0.1, 0.15) is 5.82 Å². The van der Waals surface area contributed by atoms with Gasteiger partial charge in [-0.05, 0) is 32.3 Å². The van der Waals surface area contributed by atoms with Crippen LogP contribution in [0.15, 0.2) is 6.07 Å². The van der Waals surface area contributed by atoms with Crippen molar-refractivity contribution in [2.75, 3.05) is 6.61 Å². The molecule has 1 unspecified atom stereocenters. The lowest BCUT2D eigenvalue weighted by molar-refractivity contribution is 0.0156. The molecule has 0 aromatic carbocycles. The second kappa shape index (κ2) is 5.60. The summed E-state index contributed by atoms with van der Waals surface area (Å²) in [7, 11) is 0. The van der Waals surface area contributed by atoms with Gasteiger partial charge in [0.15, 0.2) is 0 Å². The molecule has 0 bridgehead atoms. The van der Waals surface area contributed by atoms with Gasteiger partial charge in [-0.2, -0.15) is 0 Å². The van der Waals surface area contributed by atoms with Crippen molar-refractivity contribution in [1.82, 2.24) is 9.97 Å². The molecule has 0 radical (unpaired) electrons. The van der Waals surface area contributed by atoms with Crippen molar-refractivity contribution in [2.24, 2.45) is 0 Å². The maximum absolute atomic E-state index is 5.79. The van der Waals surface area contributed by atoms with E-state index in [1.54, 1.807) is 0 Å². The molecular weight excluding hydrogens is 224 g/mol. The van der Waals surface area contributed by atoms with Crippen LogP contribution in [0.5, 0.6) is 0 Å². The highest BCUT2D eigenvalue weighted by atomic mass is 35.5. The van der Waals surface area contributed by atoms with Gasteiger partial charge in [0, 0.05) is 18.7 Å². The van der Waals surface area contributed by atoms with Gasteiger partial charge in [-0.3, -0.25) is 0 Å². The van der Waals surface area contributed by atoms with Crippen LogP contribution in [0.1, 0.15) is 36.5 Å². The van der Waals surface area contributed by atoms with Gasteiger partial charge >= 0.3 is 0 Å². The quantitative estimate of drug-likeness (QED) is 0.762. The van der Waals surface area contributed by atoms with Crippen LogP contribution >= 0.6 is 11.6 Å². The van der Waals surface area contributed by atoms with E-state index in [0.29, 0.717) is 12.0 Å². The first-order chi connectivity index (χ1) is 7.78. The fourth-order valence-electron chi connectivity index (χ4n) is 2.03. The van der Waals surface area contributed by atoms with Crippen molar-refractivity contribution < 1.29 is 4.74 Å². The minimum atomic E-state index is 0.290. The van der Waals surface area contributed by atoms with Crippen LogP contribution in [-0.4, -0.2) is 22.7 Å². The van der Waals surface area contributed by atoms with Gasteiger partial charge < -0.3 is 4.74 Å². The second-order valence-corrected chi connectivity index (χ2v) is 4.51. The lowest BCUT2D eigenvalue weighted by atomic mass is 10.1. The number of alkyl halides is 1. The highest BCUT2D eigenvalue weighted by Gasteiger charge is 2.16. The van der Waals surface area contributed by atoms with Crippen molar-refractivity contribution in [2.45, 2.75) is 44.6 Å². The molecule has 3 nitrogen and oxygen atoms in total. The van der Waals surface area contributed by atoms with Crippen LogP contribution in [-0.2, 0) is 17.0 Å². The predicted octanol–water partition coefficient (Wildman–Crippen LogP) is 2.64. The lowest BCUT2D eigenvalue weighted by Crippen LogP contribution is -2.22. The van der Waals surface area contributed by atoms with Crippen molar-refractivity contribution in [1.29, 1.82) is 0 Å². The number of hydrogen-bond donors (Lipinski definition) is 0. The summed E-state index contributed by atoms with van der Waals surface area (Å²) in [5.41, 5.74) is 1.89. The van der Waals surface area contributed by atoms with Gasteiger partial charge in [-0.1, -0.05) is 0 Å². The summed E-state index contributed by atoms with van der Waals surface area (Å²) in [5, 5.41) is 0. The van der Waals surface area contributed by atoms with Crippen molar-refractivity contribution >= 4 is 11.6 Å². The van der Waals surface area contributed by atoms with Gasteiger partial charge in [-0.15, -0.1) is 11.6 Å². The standard InChI is InChI=1S/C12H17ClN2O/c1-9-6-10(8-13)15-12(14-9)7-11-4-2-3-5-16-11/h6,11H,2-5,7-8H2,1H3. The molecule has 1 atom stereocenters. The smallest absolute Gasteiger partial charge is 0.131 e. The molecule has 1 aromatic heterocycles. The molecule has 2 heterocycles. The normalized spacial score (nSPS) is 21.0. The van der Waals surface area contributed by atoms with Gasteiger partial charge in [0.05, 0.1) is 17.7 Å². The Morgan fingerprint density at radius 2 is 2.31 bits per heavy atom. The average Bonchev–Trinajstić information content (AvgIpc) is 2.29. The topological polar surface area (TPSA) is 35.0 Å². The van der Waals surface area contributed by atoms with Crippen molar-refractivity contribution in [3.05, 3.63) is 23.3 Å². The zero-order valence-electron chi connectivity index (χ0n) is 9.58. The summed E-state index contributed by atoms with van der Waals surface area (Å²) >= 11 is 5.79. The van der Waals surface area contributed by atoms with Crippen LogP contribution < -0.4 is 0 Å². The molecule has 1 aromatic rings. The van der Waals surface area contributed by atoms with Crippen LogP contribution in [0.25, 0.3) is 0 Å². The number of hydrogen-bond acceptors (Lipinski definition) is 3. The van der Waals surface area contributed by atoms with Gasteiger partial charge in [0.25, 0.3) is 0 Å². The Labute approximate surface area is 101 Å². The third-order valence-corrected chi connectivity index (χ3v) is 3.05. The number of halogens is 1. The fraction of sp³-hybridized carbons (Fsp3) is 0.667. The molecule has 0 saturated carbocycles. The first-order valence-electron chi connectivity index (χ1n) is 5.79. The SMILES string of the molecule is Cc1cc(CCl)nc(CC2CCCCO2)n1. The Morgan fingerprint density at radius 1 is 1.44 bits per heavy atom. The van der Waals surface area contributed by atoms with E-state index in [1.165, 1.54) is 12.8 Å². The second-order valence-electron chi connectivity index (χ2n) is 4.24. The molecule has 1 saturated heterocycles. The van der Waals surface area contributed by atoms with E-state index in [4.69, 9.17) is 16.3 Å². The number of rotatable bonds is 3. The molecule has 88 valence electrons. The Hall–Kier alpha value is -0.670. The Bertz CT molecular complexity index is 351. The molecular formula is C12H17ClN2O. The number of ether oxygens (including phenoxy) is 1. The summed E-state index contributed by atoms with van der Waals surface area (Å²) < 4.78 is 5.68. The largest absolute Gasteiger partial charge is 0.378 e. The number of aryl methyl sites for hydroxylation is 1. The average molecular weight is 241 g/mol. The van der Waals surface area contributed by atoms with Crippen LogP contribution in [0, 0.1) is 6.92 Å². The van der Waals surface area contributed by atoms with Crippen LogP contribution in [0.2, 0.25) is 0 Å². The molecule has 0 N–H and O–H groups in total. The third kappa shape index (κ3) is 3.16. The first kappa shape index (κ1) is 11.8. The number of aromatic nitrogens is 2. The van der Waals surface area contributed by atoms with Crippen LogP contribution in [0.4, 0.5) is 0 Å². The molecule has 0 spiro atoms. The number of nitrogens with zero attached hydrogens (tertiary/aromatic N) is 2. The van der Waals surface area contributed by atoms with E-state index in [0.717, 1.165) is 36.7 Å². The van der Waals surface area contributed by atoms with E-state index in [-0.39, 0.29) is 0 Å².